The maximum Gasteiger partial charge on any atom is 0.0240 e. The molecule has 0 bridgehead atoms. The first-order chi connectivity index (χ1) is 7.54. The molecule has 16 heavy (non-hydrogen) atoms. The van der Waals surface area contributed by atoms with Crippen LogP contribution >= 0.6 is 11.8 Å². The van der Waals surface area contributed by atoms with E-state index in [1.54, 1.807) is 0 Å². The minimum absolute atomic E-state index is 0.518. The van der Waals surface area contributed by atoms with Crippen LogP contribution in [0.4, 0.5) is 0 Å². The molecular formula is C14H23NS. The maximum atomic E-state index is 5.78. The molecule has 1 nitrogen and oxygen atoms in total. The minimum atomic E-state index is 0.518. The largest absolute Gasteiger partial charge is 0.329 e. The minimum Gasteiger partial charge on any atom is -0.329 e. The second-order valence-corrected chi connectivity index (χ2v) is 6.17. The van der Waals surface area contributed by atoms with Gasteiger partial charge in [0.25, 0.3) is 0 Å². The predicted molar refractivity (Wildman–Crippen MR) is 74.1 cm³/mol. The average molecular weight is 237 g/mol. The topological polar surface area (TPSA) is 26.0 Å². The van der Waals surface area contributed by atoms with Gasteiger partial charge in [-0.3, -0.25) is 0 Å². The highest BCUT2D eigenvalue weighted by Crippen LogP contribution is 2.28. The molecule has 0 fully saturated rings. The molecule has 1 aromatic rings. The molecular weight excluding hydrogens is 214 g/mol. The molecule has 0 heterocycles. The standard InChI is InChI=1S/C14H23NS/c1-10(2)12-5-7-13(8-6-12)16-14(9-15)11(3)4/h5-8,10-11,14H,9,15H2,1-4H3. The number of thioether (sulfide) groups is 1. The van der Waals surface area contributed by atoms with Gasteiger partial charge in [-0.1, -0.05) is 39.8 Å². The fourth-order valence-electron chi connectivity index (χ4n) is 1.56. The predicted octanol–water partition coefficient (Wildman–Crippen LogP) is 3.89. The summed E-state index contributed by atoms with van der Waals surface area (Å²) >= 11 is 1.89. The van der Waals surface area contributed by atoms with Crippen LogP contribution in [0, 0.1) is 5.92 Å². The molecule has 2 N–H and O–H groups in total. The Morgan fingerprint density at radius 3 is 2.00 bits per heavy atom. The Hall–Kier alpha value is -0.470. The summed E-state index contributed by atoms with van der Waals surface area (Å²) in [5.41, 5.74) is 7.18. The lowest BCUT2D eigenvalue weighted by Gasteiger charge is -2.18. The fourth-order valence-corrected chi connectivity index (χ4v) is 2.57. The molecule has 0 aliphatic carbocycles. The molecule has 1 atom stereocenters. The molecule has 0 saturated heterocycles. The van der Waals surface area contributed by atoms with Gasteiger partial charge in [0.15, 0.2) is 0 Å². The lowest BCUT2D eigenvalue weighted by molar-refractivity contribution is 0.613. The van der Waals surface area contributed by atoms with Crippen molar-refractivity contribution in [2.45, 2.75) is 43.8 Å². The molecule has 0 aliphatic rings. The van der Waals surface area contributed by atoms with Gasteiger partial charge in [0.1, 0.15) is 0 Å². The van der Waals surface area contributed by atoms with Gasteiger partial charge in [-0.15, -0.1) is 11.8 Å². The van der Waals surface area contributed by atoms with Gasteiger partial charge in [-0.25, -0.2) is 0 Å². The van der Waals surface area contributed by atoms with Crippen molar-refractivity contribution in [1.29, 1.82) is 0 Å². The summed E-state index contributed by atoms with van der Waals surface area (Å²) in [4.78, 5) is 1.33. The molecule has 1 aromatic carbocycles. The number of hydrogen-bond acceptors (Lipinski definition) is 2. The van der Waals surface area contributed by atoms with Crippen molar-refractivity contribution in [2.75, 3.05) is 6.54 Å². The van der Waals surface area contributed by atoms with Crippen LogP contribution in [0.3, 0.4) is 0 Å². The highest BCUT2D eigenvalue weighted by atomic mass is 32.2. The van der Waals surface area contributed by atoms with Crippen molar-refractivity contribution < 1.29 is 0 Å². The molecule has 0 amide bonds. The molecule has 1 rings (SSSR count). The van der Waals surface area contributed by atoms with Gasteiger partial charge in [0.2, 0.25) is 0 Å². The molecule has 0 radical (unpaired) electrons. The van der Waals surface area contributed by atoms with Crippen molar-refractivity contribution >= 4 is 11.8 Å². The maximum absolute atomic E-state index is 5.78. The van der Waals surface area contributed by atoms with Crippen LogP contribution in [0.5, 0.6) is 0 Å². The van der Waals surface area contributed by atoms with E-state index in [2.05, 4.69) is 52.0 Å². The summed E-state index contributed by atoms with van der Waals surface area (Å²) in [7, 11) is 0. The zero-order valence-electron chi connectivity index (χ0n) is 10.7. The van der Waals surface area contributed by atoms with Gasteiger partial charge in [0.05, 0.1) is 0 Å². The summed E-state index contributed by atoms with van der Waals surface area (Å²) in [6.45, 7) is 9.65. The highest BCUT2D eigenvalue weighted by Gasteiger charge is 2.12. The van der Waals surface area contributed by atoms with Gasteiger partial charge in [-0.2, -0.15) is 0 Å². The van der Waals surface area contributed by atoms with Crippen molar-refractivity contribution in [3.63, 3.8) is 0 Å². The van der Waals surface area contributed by atoms with E-state index >= 15 is 0 Å². The van der Waals surface area contributed by atoms with Gasteiger partial charge < -0.3 is 5.73 Å². The molecule has 2 heteroatoms. The Morgan fingerprint density at radius 2 is 1.62 bits per heavy atom. The quantitative estimate of drug-likeness (QED) is 0.786. The molecule has 0 spiro atoms. The van der Waals surface area contributed by atoms with E-state index in [4.69, 9.17) is 5.73 Å². The van der Waals surface area contributed by atoms with Crippen molar-refractivity contribution in [3.8, 4) is 0 Å². The van der Waals surface area contributed by atoms with Crippen LogP contribution in [0.25, 0.3) is 0 Å². The molecule has 0 aliphatic heterocycles. The van der Waals surface area contributed by atoms with Crippen LogP contribution in [0.1, 0.15) is 39.2 Å². The highest BCUT2D eigenvalue weighted by molar-refractivity contribution is 8.00. The fraction of sp³-hybridized carbons (Fsp3) is 0.571. The zero-order chi connectivity index (χ0) is 12.1. The first-order valence-electron chi connectivity index (χ1n) is 6.01. The lowest BCUT2D eigenvalue weighted by atomic mass is 10.0. The molecule has 0 saturated carbocycles. The first-order valence-corrected chi connectivity index (χ1v) is 6.89. The Balaban J connectivity index is 2.67. The summed E-state index contributed by atoms with van der Waals surface area (Å²) in [5, 5.41) is 0.518. The first kappa shape index (κ1) is 13.6. The second kappa shape index (κ2) is 6.31. The van der Waals surface area contributed by atoms with Gasteiger partial charge >= 0.3 is 0 Å². The molecule has 1 unspecified atom stereocenters. The third-order valence-electron chi connectivity index (χ3n) is 2.81. The van der Waals surface area contributed by atoms with Crippen molar-refractivity contribution in [2.24, 2.45) is 11.7 Å². The van der Waals surface area contributed by atoms with E-state index < -0.39 is 0 Å². The van der Waals surface area contributed by atoms with E-state index in [1.165, 1.54) is 10.5 Å². The Morgan fingerprint density at radius 1 is 1.06 bits per heavy atom. The summed E-state index contributed by atoms with van der Waals surface area (Å²) < 4.78 is 0. The smallest absolute Gasteiger partial charge is 0.0240 e. The van der Waals surface area contributed by atoms with Gasteiger partial charge in [-0.05, 0) is 29.5 Å². The van der Waals surface area contributed by atoms with E-state index in [-0.39, 0.29) is 0 Å². The lowest BCUT2D eigenvalue weighted by Crippen LogP contribution is -2.22. The van der Waals surface area contributed by atoms with Crippen LogP contribution in [-0.4, -0.2) is 11.8 Å². The number of nitrogens with two attached hydrogens (primary N) is 1. The summed E-state index contributed by atoms with van der Waals surface area (Å²) in [6.07, 6.45) is 0. The Bertz CT molecular complexity index is 303. The van der Waals surface area contributed by atoms with Crippen LogP contribution in [0.2, 0.25) is 0 Å². The molecule has 0 aromatic heterocycles. The van der Waals surface area contributed by atoms with E-state index in [0.717, 1.165) is 6.54 Å². The van der Waals surface area contributed by atoms with Crippen LogP contribution < -0.4 is 5.73 Å². The van der Waals surface area contributed by atoms with Crippen molar-refractivity contribution in [1.82, 2.24) is 0 Å². The monoisotopic (exact) mass is 237 g/mol. The third-order valence-corrected chi connectivity index (χ3v) is 4.39. The molecule has 90 valence electrons. The van der Waals surface area contributed by atoms with E-state index in [0.29, 0.717) is 17.1 Å². The summed E-state index contributed by atoms with van der Waals surface area (Å²) in [5.74, 6) is 1.23. The van der Waals surface area contributed by atoms with E-state index in [9.17, 15) is 0 Å². The average Bonchev–Trinajstić information content (AvgIpc) is 2.26. The second-order valence-electron chi connectivity index (χ2n) is 4.86. The van der Waals surface area contributed by atoms with Crippen LogP contribution in [-0.2, 0) is 0 Å². The van der Waals surface area contributed by atoms with Gasteiger partial charge in [0, 0.05) is 16.7 Å². The Labute approximate surface area is 104 Å². The van der Waals surface area contributed by atoms with Crippen molar-refractivity contribution in [3.05, 3.63) is 29.8 Å². The SMILES string of the molecule is CC(C)c1ccc(SC(CN)C(C)C)cc1. The van der Waals surface area contributed by atoms with E-state index in [1.807, 2.05) is 11.8 Å². The number of benzene rings is 1. The number of rotatable bonds is 5. The normalized spacial score (nSPS) is 13.4. The Kier molecular flexibility index (Phi) is 5.36. The zero-order valence-corrected chi connectivity index (χ0v) is 11.6. The number of hydrogen-bond donors (Lipinski definition) is 1. The third kappa shape index (κ3) is 3.84. The van der Waals surface area contributed by atoms with Crippen LogP contribution in [0.15, 0.2) is 29.2 Å². The summed E-state index contributed by atoms with van der Waals surface area (Å²) in [6, 6.07) is 8.87.